The molecule has 0 aliphatic carbocycles. The summed E-state index contributed by atoms with van der Waals surface area (Å²) in [5.74, 6) is 1.66. The van der Waals surface area contributed by atoms with Gasteiger partial charge in [-0.1, -0.05) is 13.8 Å². The van der Waals surface area contributed by atoms with Gasteiger partial charge < -0.3 is 29.5 Å². The minimum atomic E-state index is 0.317. The molecule has 0 aromatic rings. The van der Waals surface area contributed by atoms with E-state index >= 15 is 0 Å². The van der Waals surface area contributed by atoms with E-state index in [0.717, 1.165) is 71.2 Å². The van der Waals surface area contributed by atoms with Crippen molar-refractivity contribution in [3.05, 3.63) is 0 Å². The molecule has 2 atom stereocenters. The van der Waals surface area contributed by atoms with Crippen LogP contribution in [-0.4, -0.2) is 112 Å². The van der Waals surface area contributed by atoms with E-state index < -0.39 is 0 Å². The molecule has 0 aromatic heterocycles. The number of hydrogen-bond donors (Lipinski definition) is 1. The van der Waals surface area contributed by atoms with Crippen LogP contribution in [0.2, 0.25) is 0 Å². The Labute approximate surface area is 190 Å². The summed E-state index contributed by atoms with van der Waals surface area (Å²) in [7, 11) is 0. The van der Waals surface area contributed by atoms with Crippen molar-refractivity contribution in [2.75, 3.05) is 78.7 Å². The van der Waals surface area contributed by atoms with E-state index in [1.54, 1.807) is 0 Å². The second kappa shape index (κ2) is 13.6. The topological polar surface area (TPSA) is 52.6 Å². The minimum Gasteiger partial charge on any atom is -0.376 e. The quantitative estimate of drug-likeness (QED) is 0.441. The van der Waals surface area contributed by atoms with Crippen molar-refractivity contribution in [3.63, 3.8) is 0 Å². The highest BCUT2D eigenvalue weighted by Gasteiger charge is 2.24. The van der Waals surface area contributed by atoms with E-state index in [2.05, 4.69) is 40.8 Å². The Balaban J connectivity index is 1.37. The zero-order chi connectivity index (χ0) is 21.9. The average molecular weight is 438 g/mol. The summed E-state index contributed by atoms with van der Waals surface area (Å²) >= 11 is 0. The highest BCUT2D eigenvalue weighted by molar-refractivity contribution is 5.80. The fourth-order valence-electron chi connectivity index (χ4n) is 4.87. The Morgan fingerprint density at radius 2 is 1.77 bits per heavy atom. The van der Waals surface area contributed by atoms with Gasteiger partial charge in [-0.2, -0.15) is 0 Å². The van der Waals surface area contributed by atoms with Crippen LogP contribution in [0.15, 0.2) is 4.99 Å². The monoisotopic (exact) mass is 437 g/mol. The molecule has 3 fully saturated rings. The Morgan fingerprint density at radius 3 is 2.42 bits per heavy atom. The van der Waals surface area contributed by atoms with Crippen LogP contribution >= 0.6 is 0 Å². The van der Waals surface area contributed by atoms with Gasteiger partial charge in [0.2, 0.25) is 0 Å². The number of hydrogen-bond acceptors (Lipinski definition) is 5. The zero-order valence-corrected chi connectivity index (χ0v) is 20.4. The normalized spacial score (nSPS) is 26.2. The highest BCUT2D eigenvalue weighted by atomic mass is 16.5. The fraction of sp³-hybridized carbons (Fsp3) is 0.958. The summed E-state index contributed by atoms with van der Waals surface area (Å²) in [5, 5.41) is 3.52. The Bertz CT molecular complexity index is 510. The van der Waals surface area contributed by atoms with Gasteiger partial charge in [-0.05, 0) is 51.5 Å². The van der Waals surface area contributed by atoms with Gasteiger partial charge in [0.1, 0.15) is 0 Å². The predicted molar refractivity (Wildman–Crippen MR) is 128 cm³/mol. The van der Waals surface area contributed by atoms with Crippen LogP contribution in [-0.2, 0) is 9.47 Å². The van der Waals surface area contributed by atoms with Crippen molar-refractivity contribution in [2.45, 2.75) is 65.1 Å². The van der Waals surface area contributed by atoms with Gasteiger partial charge in [-0.3, -0.25) is 4.99 Å². The van der Waals surface area contributed by atoms with Gasteiger partial charge >= 0.3 is 0 Å². The Morgan fingerprint density at radius 1 is 1.03 bits per heavy atom. The molecule has 180 valence electrons. The lowest BCUT2D eigenvalue weighted by atomic mass is 10.1. The molecular weight excluding hydrogens is 390 g/mol. The summed E-state index contributed by atoms with van der Waals surface area (Å²) in [6, 6.07) is 0. The molecule has 3 saturated heterocycles. The number of ether oxygens (including phenoxy) is 2. The molecule has 2 unspecified atom stereocenters. The molecule has 7 heteroatoms. The van der Waals surface area contributed by atoms with Gasteiger partial charge in [0, 0.05) is 65.5 Å². The number of likely N-dealkylation sites (N-methyl/N-ethyl adjacent to an activating group) is 1. The number of piperazine rings is 1. The average Bonchev–Trinajstić information content (AvgIpc) is 2.82. The maximum Gasteiger partial charge on any atom is 0.193 e. The lowest BCUT2D eigenvalue weighted by Gasteiger charge is -2.36. The van der Waals surface area contributed by atoms with Crippen molar-refractivity contribution in [1.82, 2.24) is 20.0 Å². The largest absolute Gasteiger partial charge is 0.376 e. The fourth-order valence-corrected chi connectivity index (χ4v) is 4.87. The van der Waals surface area contributed by atoms with Crippen LogP contribution in [0.1, 0.15) is 52.9 Å². The number of piperidine rings is 1. The SMILES string of the molecule is CCNC(=NCC(C)CN1CCN(CC)CC1)N1CCC(OCC2CCCCO2)CC1. The second-order valence-corrected chi connectivity index (χ2v) is 9.54. The summed E-state index contributed by atoms with van der Waals surface area (Å²) in [4.78, 5) is 12.6. The molecule has 1 N–H and O–H groups in total. The molecule has 0 bridgehead atoms. The third kappa shape index (κ3) is 8.52. The van der Waals surface area contributed by atoms with Gasteiger partial charge in [0.15, 0.2) is 5.96 Å². The molecule has 0 radical (unpaired) electrons. The number of rotatable bonds is 9. The number of nitrogens with one attached hydrogen (secondary N) is 1. The van der Waals surface area contributed by atoms with Crippen LogP contribution in [0.3, 0.4) is 0 Å². The van der Waals surface area contributed by atoms with Crippen molar-refractivity contribution in [3.8, 4) is 0 Å². The summed E-state index contributed by atoms with van der Waals surface area (Å²) in [5.41, 5.74) is 0. The van der Waals surface area contributed by atoms with E-state index in [0.29, 0.717) is 18.1 Å². The van der Waals surface area contributed by atoms with Crippen LogP contribution in [0.4, 0.5) is 0 Å². The van der Waals surface area contributed by atoms with Gasteiger partial charge in [-0.25, -0.2) is 0 Å². The van der Waals surface area contributed by atoms with E-state index in [1.807, 2.05) is 0 Å². The third-order valence-electron chi connectivity index (χ3n) is 6.90. The second-order valence-electron chi connectivity index (χ2n) is 9.54. The number of guanidine groups is 1. The molecule has 31 heavy (non-hydrogen) atoms. The first-order valence-corrected chi connectivity index (χ1v) is 12.9. The maximum absolute atomic E-state index is 6.19. The molecule has 3 aliphatic heterocycles. The molecule has 0 spiro atoms. The molecule has 3 rings (SSSR count). The summed E-state index contributed by atoms with van der Waals surface area (Å²) < 4.78 is 12.0. The first-order valence-electron chi connectivity index (χ1n) is 12.9. The molecule has 0 aromatic carbocycles. The van der Waals surface area contributed by atoms with E-state index in [1.165, 1.54) is 45.6 Å². The zero-order valence-electron chi connectivity index (χ0n) is 20.4. The van der Waals surface area contributed by atoms with Gasteiger partial charge in [0.25, 0.3) is 0 Å². The summed E-state index contributed by atoms with van der Waals surface area (Å²) in [6.07, 6.45) is 6.48. The molecule has 0 saturated carbocycles. The summed E-state index contributed by atoms with van der Waals surface area (Å²) in [6.45, 7) is 19.4. The number of nitrogens with zero attached hydrogens (tertiary/aromatic N) is 4. The van der Waals surface area contributed by atoms with Gasteiger partial charge in [-0.15, -0.1) is 0 Å². The van der Waals surface area contributed by atoms with Crippen molar-refractivity contribution < 1.29 is 9.47 Å². The van der Waals surface area contributed by atoms with Crippen molar-refractivity contribution >= 4 is 5.96 Å². The Kier molecular flexibility index (Phi) is 10.9. The smallest absolute Gasteiger partial charge is 0.193 e. The predicted octanol–water partition coefficient (Wildman–Crippen LogP) is 2.28. The molecule has 3 aliphatic rings. The van der Waals surface area contributed by atoms with E-state index in [4.69, 9.17) is 14.5 Å². The third-order valence-corrected chi connectivity index (χ3v) is 6.90. The van der Waals surface area contributed by atoms with Crippen molar-refractivity contribution in [2.24, 2.45) is 10.9 Å². The molecule has 3 heterocycles. The molecular formula is C24H47N5O2. The van der Waals surface area contributed by atoms with Crippen LogP contribution < -0.4 is 5.32 Å². The maximum atomic E-state index is 6.19. The number of aliphatic imine (C=N–C) groups is 1. The van der Waals surface area contributed by atoms with Crippen LogP contribution in [0.25, 0.3) is 0 Å². The van der Waals surface area contributed by atoms with E-state index in [9.17, 15) is 0 Å². The Hall–Kier alpha value is -0.890. The minimum absolute atomic E-state index is 0.317. The standard InChI is InChI=1S/C24H47N5O2/c1-4-25-24(26-18-21(3)19-28-15-13-27(5-2)14-16-28)29-11-9-22(10-12-29)31-20-23-8-6-7-17-30-23/h21-23H,4-20H2,1-3H3,(H,25,26). The van der Waals surface area contributed by atoms with Gasteiger partial charge in [0.05, 0.1) is 18.8 Å². The molecule has 0 amide bonds. The van der Waals surface area contributed by atoms with Crippen LogP contribution in [0, 0.1) is 5.92 Å². The van der Waals surface area contributed by atoms with Crippen molar-refractivity contribution in [1.29, 1.82) is 0 Å². The first kappa shape index (κ1) is 24.7. The number of likely N-dealkylation sites (tertiary alicyclic amines) is 1. The lowest BCUT2D eigenvalue weighted by Crippen LogP contribution is -2.48. The highest BCUT2D eigenvalue weighted by Crippen LogP contribution is 2.18. The lowest BCUT2D eigenvalue weighted by molar-refractivity contribution is -0.0721. The molecule has 7 nitrogen and oxygen atoms in total. The first-order chi connectivity index (χ1) is 15.2. The van der Waals surface area contributed by atoms with E-state index in [-0.39, 0.29) is 0 Å². The van der Waals surface area contributed by atoms with Crippen LogP contribution in [0.5, 0.6) is 0 Å².